The van der Waals surface area contributed by atoms with E-state index in [1.807, 2.05) is 32.9 Å². The highest BCUT2D eigenvalue weighted by Gasteiger charge is 2.31. The molecule has 0 aromatic heterocycles. The van der Waals surface area contributed by atoms with E-state index in [9.17, 15) is 4.79 Å². The highest BCUT2D eigenvalue weighted by atomic mass is 79.9. The Morgan fingerprint density at radius 3 is 1.10 bits per heavy atom. The Labute approximate surface area is 690 Å². The molecule has 0 saturated carbocycles. The minimum Gasteiger partial charge on any atom is -0.398 e. The number of allylic oxidation sites excluding steroid dienone is 2. The first-order valence-electron chi connectivity index (χ1n) is 32.0. The number of hydrogen-bond acceptors (Lipinski definition) is 10. The molecule has 15 rings (SSSR count). The van der Waals surface area contributed by atoms with Gasteiger partial charge in [-0.15, -0.1) is 0 Å². The molecule has 0 fully saturated rings. The molecule has 0 radical (unpaired) electrons. The second kappa shape index (κ2) is 31.5. The van der Waals surface area contributed by atoms with E-state index in [1.165, 1.54) is 125 Å². The van der Waals surface area contributed by atoms with Crippen molar-refractivity contribution in [2.45, 2.75) is 129 Å². The molecule has 10 aromatic carbocycles. The van der Waals surface area contributed by atoms with Gasteiger partial charge in [-0.2, -0.15) is 0 Å². The first-order valence-corrected chi connectivity index (χ1v) is 41.5. The predicted octanol–water partition coefficient (Wildman–Crippen LogP) is 28.7. The van der Waals surface area contributed by atoms with Gasteiger partial charge >= 0.3 is 0 Å². The average molecular weight is 2120 g/mol. The number of rotatable bonds is 3. The molecule has 5 heterocycles. The van der Waals surface area contributed by atoms with Crippen molar-refractivity contribution in [3.63, 3.8) is 0 Å². The van der Waals surface area contributed by atoms with Gasteiger partial charge < -0.3 is 23.4 Å². The van der Waals surface area contributed by atoms with E-state index in [2.05, 4.69) is 335 Å². The second-order valence-corrected chi connectivity index (χ2v) is 35.6. The fraction of sp³-hybridized carbons (Fsp3) is 0.241. The van der Waals surface area contributed by atoms with Crippen molar-refractivity contribution in [3.05, 3.63) is 190 Å². The topological polar surface area (TPSA) is 192 Å². The number of benzene rings is 10. The number of aliphatic imine (C=N–C) groups is 5. The summed E-state index contributed by atoms with van der Waals surface area (Å²) >= 11 is 44.0. The molecule has 0 atom stereocenters. The Morgan fingerprint density at radius 2 is 0.673 bits per heavy atom. The molecule has 0 unspecified atom stereocenters. The summed E-state index contributed by atoms with van der Waals surface area (Å²) in [5.41, 5.74) is 48.9. The van der Waals surface area contributed by atoms with Crippen molar-refractivity contribution in [2.75, 3.05) is 11.5 Å². The summed E-state index contributed by atoms with van der Waals surface area (Å²) in [6.07, 6.45) is 13.3. The third-order valence-electron chi connectivity index (χ3n) is 19.9. The van der Waals surface area contributed by atoms with Gasteiger partial charge in [0, 0.05) is 132 Å². The molecule has 101 heavy (non-hydrogen) atoms. The monoisotopic (exact) mass is 2110 g/mol. The number of halogens is 12. The van der Waals surface area contributed by atoms with E-state index in [0.29, 0.717) is 17.9 Å². The number of nitrogens with two attached hydrogens (primary N) is 3. The predicted molar refractivity (Wildman–Crippen MR) is 481 cm³/mol. The lowest BCUT2D eigenvalue weighted by Gasteiger charge is -2.20. The van der Waals surface area contributed by atoms with Crippen LogP contribution in [0.15, 0.2) is 103 Å². The fourth-order valence-electron chi connectivity index (χ4n) is 14.4. The summed E-state index contributed by atoms with van der Waals surface area (Å²) in [6, 6.07) is 10.6. The van der Waals surface area contributed by atoms with Gasteiger partial charge in [-0.05, 0) is 377 Å². The molecule has 0 bridgehead atoms. The largest absolute Gasteiger partial charge is 0.398 e. The fourth-order valence-corrected chi connectivity index (χ4v) is 22.6. The SMILES string of the molecule is BrC1=Nc2c(c(Br)c3ccccc3c2Br)C1.C/C=C/c1c(C)c(C)c2c(Br)c3c(c(Br)c2c1C)N=C(Br)C3.C/C=C/c1c(C)c(C)c2c(N)c3c(c(N)c2c1C)N=C(N)C3.Cc1c(C=O)c(C)c2c(Br)c3c(c(Br)c2c1C)CC(Br)=N3.Cc1cc(C)c2c(Br)c3c(c(Br)c2c1C)CC(Br)=N3.N. The molecular weight excluding hydrogens is 2050 g/mol. The highest BCUT2D eigenvalue weighted by Crippen LogP contribution is 2.54. The number of nitrogens with zero attached hydrogens (tertiary/aromatic N) is 5. The molecule has 10 aromatic rings. The van der Waals surface area contributed by atoms with Crippen LogP contribution in [0.1, 0.15) is 130 Å². The Hall–Kier alpha value is -3.88. The molecule has 9 N–H and O–H groups in total. The minimum absolute atomic E-state index is 0. The molecule has 0 spiro atoms. The first-order chi connectivity index (χ1) is 47.2. The molecule has 0 amide bonds. The third kappa shape index (κ3) is 13.9. The van der Waals surface area contributed by atoms with E-state index < -0.39 is 0 Å². The quantitative estimate of drug-likeness (QED) is 0.0776. The summed E-state index contributed by atoms with van der Waals surface area (Å²) in [5, 5.41) is 11.8. The lowest BCUT2D eigenvalue weighted by atomic mass is 9.87. The van der Waals surface area contributed by atoms with Crippen LogP contribution in [-0.2, 0) is 32.1 Å². The van der Waals surface area contributed by atoms with Crippen molar-refractivity contribution in [1.82, 2.24) is 6.15 Å². The lowest BCUT2D eigenvalue weighted by molar-refractivity contribution is 0.112. The zero-order valence-corrected chi connectivity index (χ0v) is 77.0. The number of fused-ring (bicyclic) bond motifs is 10. The van der Waals surface area contributed by atoms with E-state index in [0.717, 1.165) is 161 Å². The van der Waals surface area contributed by atoms with Crippen LogP contribution < -0.4 is 23.4 Å². The summed E-state index contributed by atoms with van der Waals surface area (Å²) in [7, 11) is 0. The van der Waals surface area contributed by atoms with Gasteiger partial charge in [0.05, 0.1) is 70.5 Å². The summed E-state index contributed by atoms with van der Waals surface area (Å²) in [6.45, 7) is 29.6. The first kappa shape index (κ1) is 79.7. The van der Waals surface area contributed by atoms with Crippen molar-refractivity contribution < 1.29 is 4.79 Å². The van der Waals surface area contributed by atoms with Crippen molar-refractivity contribution >= 4 is 328 Å². The number of carbonyl (C=O) groups excluding carboxylic acids is 1. The van der Waals surface area contributed by atoms with Crippen molar-refractivity contribution in [1.29, 1.82) is 0 Å². The number of amidine groups is 1. The Morgan fingerprint density at radius 1 is 0.337 bits per heavy atom. The Balaban J connectivity index is 0.000000136. The third-order valence-corrected chi connectivity index (χ3v) is 28.4. The standard InChI is InChI=1S/C18H16Br3N.C18H22N4.C16H12Br3NO.C15H12Br3N.C12H6Br3N.H3N/c2*1-5-6-11-8(2)9(3)14-15(10(11)4)17(21)18-12(16(14)20)7-13(19)22-18;1-6-7(2)12-13(8(3)10(6)5-21)15(19)16-9(14(12)18)4-11(17)20-16;1-6-4-7(2)11-12(8(6)3)13(17)9-5-10(16)19-15(9)14(11)18;13-9-5-8-10(14)6-3-1-2-4-7(6)11(15)12(8)16-9;/h5-6H,7H2,1-4H3;5-6H,7,20-21H2,1-4H3,(H2,19,22);5H,4H2,1-3H3;4H,5H2,1-3H3;1-4H,5H2;1H3/b2*6-5+;;;;. The van der Waals surface area contributed by atoms with Crippen molar-refractivity contribution in [3.8, 4) is 0 Å². The molecule has 522 valence electrons. The second-order valence-electron chi connectivity index (χ2n) is 25.6. The van der Waals surface area contributed by atoms with Gasteiger partial charge in [0.1, 0.15) is 5.84 Å². The highest BCUT2D eigenvalue weighted by molar-refractivity contribution is 9.19. The number of anilines is 2. The average Bonchev–Trinajstić information content (AvgIpc) is 1.75. The maximum atomic E-state index is 11.5. The van der Waals surface area contributed by atoms with Gasteiger partial charge in [-0.3, -0.25) is 4.79 Å². The number of aryl methyl sites for hydroxylation is 9. The van der Waals surface area contributed by atoms with Crippen LogP contribution in [0.3, 0.4) is 0 Å². The minimum atomic E-state index is 0. The number of aldehydes is 1. The van der Waals surface area contributed by atoms with Crippen molar-refractivity contribution in [2.24, 2.45) is 30.7 Å². The Kier molecular flexibility index (Phi) is 24.9. The zero-order valence-electron chi connectivity index (χ0n) is 57.9. The summed E-state index contributed by atoms with van der Waals surface area (Å²) in [5.74, 6) is 0.574. The van der Waals surface area contributed by atoms with E-state index in [1.54, 1.807) is 0 Å². The van der Waals surface area contributed by atoms with Gasteiger partial charge in [-0.25, -0.2) is 25.0 Å². The lowest BCUT2D eigenvalue weighted by Crippen LogP contribution is -2.11. The van der Waals surface area contributed by atoms with Crippen LogP contribution in [0, 0.1) is 83.1 Å². The van der Waals surface area contributed by atoms with Crippen LogP contribution in [0.4, 0.5) is 39.8 Å². The van der Waals surface area contributed by atoms with Crippen LogP contribution >= 0.6 is 191 Å². The molecule has 0 aliphatic carbocycles. The molecule has 22 heteroatoms. The van der Waals surface area contributed by atoms with Gasteiger partial charge in [0.2, 0.25) is 0 Å². The maximum Gasteiger partial charge on any atom is 0.150 e. The zero-order chi connectivity index (χ0) is 73.0. The van der Waals surface area contributed by atoms with Gasteiger partial charge in [0.15, 0.2) is 6.29 Å². The summed E-state index contributed by atoms with van der Waals surface area (Å²) < 4.78 is 12.7. The van der Waals surface area contributed by atoms with Crippen LogP contribution in [0.2, 0.25) is 0 Å². The summed E-state index contributed by atoms with van der Waals surface area (Å²) in [4.78, 5) is 34.2. The van der Waals surface area contributed by atoms with Crippen LogP contribution in [-0.4, -0.2) is 30.6 Å². The normalized spacial score (nSPS) is 13.7. The maximum absolute atomic E-state index is 11.5. The number of hydrogen-bond donors (Lipinski definition) is 4. The number of nitrogen functional groups attached to an aromatic ring is 2. The molecule has 0 saturated heterocycles. The molecule has 5 aliphatic heterocycles. The van der Waals surface area contributed by atoms with E-state index in [-0.39, 0.29) is 6.15 Å². The molecule has 10 nitrogen and oxygen atoms in total. The smallest absolute Gasteiger partial charge is 0.150 e. The van der Waals surface area contributed by atoms with Gasteiger partial charge in [-0.1, -0.05) is 54.6 Å². The van der Waals surface area contributed by atoms with Crippen LogP contribution in [0.5, 0.6) is 0 Å². The van der Waals surface area contributed by atoms with Crippen LogP contribution in [0.25, 0.3) is 66.0 Å². The number of carbonyl (C=O) groups is 1. The Bertz CT molecular complexity index is 5410. The van der Waals surface area contributed by atoms with Gasteiger partial charge in [0.25, 0.3) is 0 Å². The van der Waals surface area contributed by atoms with E-state index in [4.69, 9.17) is 17.2 Å². The van der Waals surface area contributed by atoms with E-state index >= 15 is 0 Å². The molecule has 5 aliphatic rings. The molecular formula is C79H71Br12N9O.